The zero-order chi connectivity index (χ0) is 14.1. The molecule has 2 N–H and O–H groups in total. The van der Waals surface area contributed by atoms with Crippen molar-refractivity contribution in [1.29, 1.82) is 0 Å². The van der Waals surface area contributed by atoms with Crippen molar-refractivity contribution < 1.29 is 14.7 Å². The third-order valence-corrected chi connectivity index (χ3v) is 3.94. The number of hydrogen-bond donors (Lipinski definition) is 2. The molecule has 5 nitrogen and oxygen atoms in total. The van der Waals surface area contributed by atoms with E-state index < -0.39 is 18.0 Å². The largest absolute Gasteiger partial charge is 0.480 e. The fraction of sp³-hybridized carbons (Fsp3) is 0.143. The summed E-state index contributed by atoms with van der Waals surface area (Å²) in [6.45, 7) is 0. The van der Waals surface area contributed by atoms with Crippen molar-refractivity contribution in [3.05, 3.63) is 46.7 Å². The number of amides is 2. The van der Waals surface area contributed by atoms with Gasteiger partial charge in [-0.3, -0.25) is 4.90 Å². The van der Waals surface area contributed by atoms with E-state index in [4.69, 9.17) is 0 Å². The van der Waals surface area contributed by atoms with Crippen LogP contribution in [-0.4, -0.2) is 23.1 Å². The van der Waals surface area contributed by atoms with E-state index in [1.165, 1.54) is 16.2 Å². The molecule has 0 saturated heterocycles. The second kappa shape index (κ2) is 4.97. The number of carbonyl (C=O) groups excluding carboxylic acids is 1. The molecule has 0 aliphatic carbocycles. The summed E-state index contributed by atoms with van der Waals surface area (Å²) in [6.07, 6.45) is 0.336. The first kappa shape index (κ1) is 12.7. The molecule has 1 aromatic carbocycles. The van der Waals surface area contributed by atoms with Gasteiger partial charge in [0.2, 0.25) is 0 Å². The number of nitrogens with one attached hydrogen (secondary N) is 1. The van der Waals surface area contributed by atoms with Gasteiger partial charge in [-0.1, -0.05) is 18.2 Å². The van der Waals surface area contributed by atoms with Crippen molar-refractivity contribution in [1.82, 2.24) is 0 Å². The summed E-state index contributed by atoms with van der Waals surface area (Å²) >= 11 is 1.47. The van der Waals surface area contributed by atoms with E-state index in [1.54, 1.807) is 23.6 Å². The van der Waals surface area contributed by atoms with E-state index in [0.717, 1.165) is 5.56 Å². The Morgan fingerprint density at radius 1 is 1.30 bits per heavy atom. The van der Waals surface area contributed by atoms with Crippen molar-refractivity contribution in [3.8, 4) is 0 Å². The number of para-hydroxylation sites is 1. The Morgan fingerprint density at radius 3 is 2.80 bits per heavy atom. The summed E-state index contributed by atoms with van der Waals surface area (Å²) in [5, 5.41) is 15.7. The Hall–Kier alpha value is -2.34. The number of urea groups is 1. The van der Waals surface area contributed by atoms with Gasteiger partial charge in [0, 0.05) is 17.5 Å². The molecule has 0 spiro atoms. The molecule has 0 saturated carbocycles. The number of rotatable bonds is 2. The minimum absolute atomic E-state index is 0.336. The van der Waals surface area contributed by atoms with E-state index in [1.807, 2.05) is 17.5 Å². The number of anilines is 2. The molecule has 2 heterocycles. The Morgan fingerprint density at radius 2 is 2.10 bits per heavy atom. The molecular weight excluding hydrogens is 276 g/mol. The van der Waals surface area contributed by atoms with Crippen LogP contribution in [0.3, 0.4) is 0 Å². The summed E-state index contributed by atoms with van der Waals surface area (Å²) in [4.78, 5) is 25.0. The molecule has 2 aromatic rings. The Kier molecular flexibility index (Phi) is 3.15. The molecule has 0 bridgehead atoms. The van der Waals surface area contributed by atoms with Crippen LogP contribution in [0, 0.1) is 0 Å². The molecule has 3 rings (SSSR count). The van der Waals surface area contributed by atoms with Crippen molar-refractivity contribution in [2.24, 2.45) is 0 Å². The zero-order valence-corrected chi connectivity index (χ0v) is 11.3. The lowest BCUT2D eigenvalue weighted by atomic mass is 10.1. The maximum Gasteiger partial charge on any atom is 0.327 e. The van der Waals surface area contributed by atoms with Crippen LogP contribution in [0.25, 0.3) is 0 Å². The van der Waals surface area contributed by atoms with Gasteiger partial charge in [0.25, 0.3) is 0 Å². The van der Waals surface area contributed by atoms with Gasteiger partial charge in [-0.15, -0.1) is 0 Å². The Labute approximate surface area is 119 Å². The highest BCUT2D eigenvalue weighted by Crippen LogP contribution is 2.32. The average molecular weight is 288 g/mol. The lowest BCUT2D eigenvalue weighted by Gasteiger charge is -2.22. The number of benzene rings is 1. The monoisotopic (exact) mass is 288 g/mol. The Bertz CT molecular complexity index is 654. The minimum atomic E-state index is -0.998. The fourth-order valence-electron chi connectivity index (χ4n) is 2.35. The number of carboxylic acid groups (broad SMARTS) is 1. The van der Waals surface area contributed by atoms with Gasteiger partial charge < -0.3 is 10.4 Å². The molecule has 6 heteroatoms. The van der Waals surface area contributed by atoms with Crippen molar-refractivity contribution in [2.45, 2.75) is 12.5 Å². The molecule has 1 aliphatic rings. The summed E-state index contributed by atoms with van der Waals surface area (Å²) in [5.74, 6) is -0.998. The van der Waals surface area contributed by atoms with Crippen molar-refractivity contribution in [2.75, 3.05) is 10.2 Å². The number of hydrogen-bond acceptors (Lipinski definition) is 3. The maximum atomic E-state index is 12.3. The highest BCUT2D eigenvalue weighted by molar-refractivity contribution is 7.08. The van der Waals surface area contributed by atoms with E-state index in [2.05, 4.69) is 5.32 Å². The van der Waals surface area contributed by atoms with Crippen LogP contribution in [0.2, 0.25) is 0 Å². The number of fused-ring (bicyclic) bond motifs is 1. The normalized spacial score (nSPS) is 16.8. The third kappa shape index (κ3) is 2.14. The first-order valence-corrected chi connectivity index (χ1v) is 7.04. The minimum Gasteiger partial charge on any atom is -0.480 e. The number of carbonyl (C=O) groups is 2. The van der Waals surface area contributed by atoms with Crippen LogP contribution >= 0.6 is 11.3 Å². The second-order valence-corrected chi connectivity index (χ2v) is 5.28. The molecule has 0 fully saturated rings. The van der Waals surface area contributed by atoms with Crippen LogP contribution < -0.4 is 10.2 Å². The van der Waals surface area contributed by atoms with E-state index in [0.29, 0.717) is 17.8 Å². The standard InChI is InChI=1S/C14H12N2O3S/c17-13(18)12-7-9-3-1-2-4-11(9)16(12)14(19)15-10-5-6-20-8-10/h1-6,8,12H,7H2,(H,15,19)(H,17,18). The van der Waals surface area contributed by atoms with Crippen LogP contribution in [-0.2, 0) is 11.2 Å². The summed E-state index contributed by atoms with van der Waals surface area (Å²) in [7, 11) is 0. The average Bonchev–Trinajstić information content (AvgIpc) is 3.04. The van der Waals surface area contributed by atoms with E-state index in [9.17, 15) is 14.7 Å². The number of carboxylic acids is 1. The lowest BCUT2D eigenvalue weighted by molar-refractivity contribution is -0.138. The van der Waals surface area contributed by atoms with Gasteiger partial charge in [-0.25, -0.2) is 9.59 Å². The van der Waals surface area contributed by atoms with Crippen LogP contribution in [0.5, 0.6) is 0 Å². The molecule has 0 radical (unpaired) electrons. The van der Waals surface area contributed by atoms with Gasteiger partial charge in [-0.05, 0) is 23.1 Å². The van der Waals surface area contributed by atoms with Crippen LogP contribution in [0.15, 0.2) is 41.1 Å². The summed E-state index contributed by atoms with van der Waals surface area (Å²) < 4.78 is 0. The first-order chi connectivity index (χ1) is 9.66. The van der Waals surface area contributed by atoms with Crippen molar-refractivity contribution >= 4 is 34.7 Å². The van der Waals surface area contributed by atoms with Crippen molar-refractivity contribution in [3.63, 3.8) is 0 Å². The predicted molar refractivity (Wildman–Crippen MR) is 77.4 cm³/mol. The topological polar surface area (TPSA) is 69.6 Å². The van der Waals surface area contributed by atoms with E-state index >= 15 is 0 Å². The van der Waals surface area contributed by atoms with Gasteiger partial charge in [-0.2, -0.15) is 11.3 Å². The van der Waals surface area contributed by atoms with Crippen LogP contribution in [0.1, 0.15) is 5.56 Å². The lowest BCUT2D eigenvalue weighted by Crippen LogP contribution is -2.45. The molecule has 1 aliphatic heterocycles. The fourth-order valence-corrected chi connectivity index (χ4v) is 2.94. The molecule has 1 aromatic heterocycles. The molecule has 1 unspecified atom stereocenters. The maximum absolute atomic E-state index is 12.3. The predicted octanol–water partition coefficient (Wildman–Crippen LogP) is 2.80. The second-order valence-electron chi connectivity index (χ2n) is 4.50. The molecule has 2 amide bonds. The van der Waals surface area contributed by atoms with Gasteiger partial charge in [0.05, 0.1) is 5.69 Å². The summed E-state index contributed by atoms with van der Waals surface area (Å²) in [5.41, 5.74) is 2.21. The SMILES string of the molecule is O=C(O)C1Cc2ccccc2N1C(=O)Nc1ccsc1. The van der Waals surface area contributed by atoms with Crippen LogP contribution in [0.4, 0.5) is 16.2 Å². The quantitative estimate of drug-likeness (QED) is 0.892. The van der Waals surface area contributed by atoms with E-state index in [-0.39, 0.29) is 0 Å². The highest BCUT2D eigenvalue weighted by atomic mass is 32.1. The summed E-state index contributed by atoms with van der Waals surface area (Å²) in [6, 6.07) is 7.77. The highest BCUT2D eigenvalue weighted by Gasteiger charge is 2.38. The first-order valence-electron chi connectivity index (χ1n) is 6.10. The number of thiophene rings is 1. The van der Waals surface area contributed by atoms with Gasteiger partial charge in [0.15, 0.2) is 0 Å². The molecular formula is C14H12N2O3S. The van der Waals surface area contributed by atoms with Gasteiger partial charge >= 0.3 is 12.0 Å². The molecule has 20 heavy (non-hydrogen) atoms. The Balaban J connectivity index is 1.92. The smallest absolute Gasteiger partial charge is 0.327 e. The molecule has 102 valence electrons. The zero-order valence-electron chi connectivity index (χ0n) is 10.4. The van der Waals surface area contributed by atoms with Gasteiger partial charge in [0.1, 0.15) is 6.04 Å². The third-order valence-electron chi connectivity index (χ3n) is 3.25. The molecule has 1 atom stereocenters. The number of nitrogens with zero attached hydrogens (tertiary/aromatic N) is 1. The number of aliphatic carboxylic acids is 1.